The predicted octanol–water partition coefficient (Wildman–Crippen LogP) is 4.14. The summed E-state index contributed by atoms with van der Waals surface area (Å²) in [7, 11) is 1.61. The van der Waals surface area contributed by atoms with Gasteiger partial charge in [-0.25, -0.2) is 4.98 Å². The van der Waals surface area contributed by atoms with Crippen LogP contribution in [0.3, 0.4) is 0 Å². The highest BCUT2D eigenvalue weighted by Crippen LogP contribution is 2.26. The van der Waals surface area contributed by atoms with Crippen LogP contribution in [0.4, 0.5) is 0 Å². The lowest BCUT2D eigenvalue weighted by molar-refractivity contribution is -0.149. The van der Waals surface area contributed by atoms with Gasteiger partial charge in [0.1, 0.15) is 10.8 Å². The van der Waals surface area contributed by atoms with Crippen molar-refractivity contribution in [1.29, 1.82) is 5.26 Å². The lowest BCUT2D eigenvalue weighted by atomic mass is 9.98. The summed E-state index contributed by atoms with van der Waals surface area (Å²) in [5, 5.41) is 13.5. The molecule has 0 radical (unpaired) electrons. The number of thiazole rings is 1. The van der Waals surface area contributed by atoms with Crippen LogP contribution < -0.4 is 4.74 Å². The van der Waals surface area contributed by atoms with Crippen LogP contribution in [-0.4, -0.2) is 30.5 Å². The Morgan fingerprint density at radius 3 is 2.59 bits per heavy atom. The van der Waals surface area contributed by atoms with Gasteiger partial charge in [-0.3, -0.25) is 9.59 Å². The normalized spacial score (nSPS) is 12.8. The van der Waals surface area contributed by atoms with Crippen molar-refractivity contribution >= 4 is 33.9 Å². The number of ether oxygens (including phenoxy) is 2. The third-order valence-corrected chi connectivity index (χ3v) is 5.64. The Bertz CT molecular complexity index is 1100. The number of benzene rings is 2. The van der Waals surface area contributed by atoms with Crippen LogP contribution >= 0.6 is 11.3 Å². The number of hydrogen-bond donors (Lipinski definition) is 0. The van der Waals surface area contributed by atoms with E-state index in [1.165, 1.54) is 11.3 Å². The second-order valence-corrected chi connectivity index (χ2v) is 7.55. The molecule has 3 aromatic rings. The number of Topliss-reactive ketones (excluding diaryl/α,β-unsaturated/α-hetero) is 1. The molecule has 0 unspecified atom stereocenters. The Morgan fingerprint density at radius 2 is 1.93 bits per heavy atom. The molecular formula is C22H20N2O4S. The van der Waals surface area contributed by atoms with E-state index in [-0.39, 0.29) is 0 Å². The number of aromatic nitrogens is 1. The molecule has 0 fully saturated rings. The maximum absolute atomic E-state index is 12.4. The first-order chi connectivity index (χ1) is 13.9. The van der Waals surface area contributed by atoms with Gasteiger partial charge in [-0.05, 0) is 42.3 Å². The minimum absolute atomic E-state index is 0.420. The maximum atomic E-state index is 12.4. The highest BCUT2D eigenvalue weighted by molar-refractivity contribution is 7.09. The molecule has 2 aromatic carbocycles. The summed E-state index contributed by atoms with van der Waals surface area (Å²) in [6.07, 6.45) is 0. The Labute approximate surface area is 172 Å². The van der Waals surface area contributed by atoms with E-state index >= 15 is 0 Å². The van der Waals surface area contributed by atoms with E-state index in [2.05, 4.69) is 4.98 Å². The summed E-state index contributed by atoms with van der Waals surface area (Å²) >= 11 is 1.25. The van der Waals surface area contributed by atoms with Crippen molar-refractivity contribution in [2.75, 3.05) is 13.7 Å². The smallest absolute Gasteiger partial charge is 0.313 e. The first-order valence-electron chi connectivity index (χ1n) is 9.01. The van der Waals surface area contributed by atoms with Gasteiger partial charge in [0.05, 0.1) is 19.1 Å². The van der Waals surface area contributed by atoms with Crippen LogP contribution in [0, 0.1) is 18.3 Å². The van der Waals surface area contributed by atoms with E-state index in [1.54, 1.807) is 26.3 Å². The van der Waals surface area contributed by atoms with E-state index in [1.807, 2.05) is 42.5 Å². The Balaban J connectivity index is 1.66. The first-order valence-corrected chi connectivity index (χ1v) is 9.89. The highest BCUT2D eigenvalue weighted by atomic mass is 32.1. The SMILES string of the molecule is COc1ccc2cc([C@H](C)C(=O)OCC(=O)[C@H](C#N)c3nc(C)cs3)ccc2c1. The number of aryl methyl sites for hydroxylation is 1. The van der Waals surface area contributed by atoms with Gasteiger partial charge in [-0.15, -0.1) is 11.3 Å². The molecule has 148 valence electrons. The van der Waals surface area contributed by atoms with Gasteiger partial charge in [-0.2, -0.15) is 5.26 Å². The van der Waals surface area contributed by atoms with Gasteiger partial charge in [0, 0.05) is 11.1 Å². The van der Waals surface area contributed by atoms with Gasteiger partial charge in [0.25, 0.3) is 0 Å². The number of carbonyl (C=O) groups is 2. The second-order valence-electron chi connectivity index (χ2n) is 6.66. The van der Waals surface area contributed by atoms with Crippen molar-refractivity contribution in [1.82, 2.24) is 4.98 Å². The van der Waals surface area contributed by atoms with E-state index in [0.29, 0.717) is 5.01 Å². The lowest BCUT2D eigenvalue weighted by Gasteiger charge is -2.13. The fourth-order valence-electron chi connectivity index (χ4n) is 2.89. The molecule has 0 aliphatic rings. The topological polar surface area (TPSA) is 89.3 Å². The lowest BCUT2D eigenvalue weighted by Crippen LogP contribution is -2.22. The number of nitrogens with zero attached hydrogens (tertiary/aromatic N) is 2. The summed E-state index contributed by atoms with van der Waals surface area (Å²) < 4.78 is 10.4. The zero-order valence-corrected chi connectivity index (χ0v) is 17.2. The minimum atomic E-state index is -1.02. The van der Waals surface area contributed by atoms with Crippen molar-refractivity contribution in [3.63, 3.8) is 0 Å². The molecule has 7 heteroatoms. The van der Waals surface area contributed by atoms with Crippen molar-refractivity contribution < 1.29 is 19.1 Å². The molecule has 1 heterocycles. The predicted molar refractivity (Wildman–Crippen MR) is 110 cm³/mol. The molecule has 6 nitrogen and oxygen atoms in total. The number of methoxy groups -OCH3 is 1. The second kappa shape index (κ2) is 8.84. The van der Waals surface area contributed by atoms with Crippen LogP contribution in [0.5, 0.6) is 5.75 Å². The quantitative estimate of drug-likeness (QED) is 0.546. The fraction of sp³-hybridized carbons (Fsp3) is 0.273. The molecule has 0 aliphatic heterocycles. The van der Waals surface area contributed by atoms with Gasteiger partial charge in [0.15, 0.2) is 18.3 Å². The third-order valence-electron chi connectivity index (χ3n) is 4.62. The van der Waals surface area contributed by atoms with Crippen molar-refractivity contribution in [3.8, 4) is 11.8 Å². The van der Waals surface area contributed by atoms with Gasteiger partial charge in [0.2, 0.25) is 0 Å². The monoisotopic (exact) mass is 408 g/mol. The first kappa shape index (κ1) is 20.5. The molecule has 0 saturated carbocycles. The van der Waals surface area contributed by atoms with E-state index < -0.39 is 30.2 Å². The largest absolute Gasteiger partial charge is 0.497 e. The number of fused-ring (bicyclic) bond motifs is 1. The van der Waals surface area contributed by atoms with Gasteiger partial charge < -0.3 is 9.47 Å². The molecule has 3 rings (SSSR count). The molecule has 0 spiro atoms. The molecular weight excluding hydrogens is 388 g/mol. The van der Waals surface area contributed by atoms with Gasteiger partial charge in [-0.1, -0.05) is 24.3 Å². The minimum Gasteiger partial charge on any atom is -0.497 e. The zero-order chi connectivity index (χ0) is 21.0. The van der Waals surface area contributed by atoms with Crippen molar-refractivity contribution in [3.05, 3.63) is 58.0 Å². The number of rotatable bonds is 7. The number of esters is 1. The summed E-state index contributed by atoms with van der Waals surface area (Å²) in [5.41, 5.74) is 1.53. The Hall–Kier alpha value is -3.24. The van der Waals surface area contributed by atoms with E-state index in [4.69, 9.17) is 9.47 Å². The number of carbonyl (C=O) groups excluding carboxylic acids is 2. The number of ketones is 1. The van der Waals surface area contributed by atoms with Crippen LogP contribution in [0.1, 0.15) is 35.0 Å². The maximum Gasteiger partial charge on any atom is 0.313 e. The van der Waals surface area contributed by atoms with Crippen LogP contribution in [0.25, 0.3) is 10.8 Å². The molecule has 29 heavy (non-hydrogen) atoms. The molecule has 0 saturated heterocycles. The molecule has 0 bridgehead atoms. The summed E-state index contributed by atoms with van der Waals surface area (Å²) in [6, 6.07) is 13.3. The van der Waals surface area contributed by atoms with E-state index in [0.717, 1.165) is 27.8 Å². The third kappa shape index (κ3) is 4.61. The van der Waals surface area contributed by atoms with E-state index in [9.17, 15) is 14.9 Å². The molecule has 0 amide bonds. The average molecular weight is 408 g/mol. The average Bonchev–Trinajstić information content (AvgIpc) is 3.16. The molecule has 0 N–H and O–H groups in total. The van der Waals surface area contributed by atoms with Crippen molar-refractivity contribution in [2.45, 2.75) is 25.7 Å². The fourth-order valence-corrected chi connectivity index (χ4v) is 3.76. The van der Waals surface area contributed by atoms with Crippen LogP contribution in [0.15, 0.2) is 41.8 Å². The number of hydrogen-bond acceptors (Lipinski definition) is 7. The van der Waals surface area contributed by atoms with Crippen molar-refractivity contribution in [2.24, 2.45) is 0 Å². The Kier molecular flexibility index (Phi) is 6.25. The van der Waals surface area contributed by atoms with Gasteiger partial charge >= 0.3 is 5.97 Å². The van der Waals surface area contributed by atoms with Crippen LogP contribution in [-0.2, 0) is 14.3 Å². The Morgan fingerprint density at radius 1 is 1.21 bits per heavy atom. The van der Waals surface area contributed by atoms with Crippen LogP contribution in [0.2, 0.25) is 0 Å². The summed E-state index contributed by atoms with van der Waals surface area (Å²) in [6.45, 7) is 3.06. The molecule has 2 atom stereocenters. The highest BCUT2D eigenvalue weighted by Gasteiger charge is 2.26. The zero-order valence-electron chi connectivity index (χ0n) is 16.3. The molecule has 1 aromatic heterocycles. The summed E-state index contributed by atoms with van der Waals surface area (Å²) in [4.78, 5) is 29.0. The molecule has 0 aliphatic carbocycles. The number of nitriles is 1. The summed E-state index contributed by atoms with van der Waals surface area (Å²) in [5.74, 6) is -1.80. The standard InChI is InChI=1S/C22H20N2O4S/c1-13-12-29-21(24-13)19(10-23)20(25)11-28-22(26)14(2)15-4-5-17-9-18(27-3)7-6-16(17)8-15/h4-9,12,14,19H,11H2,1-3H3/t14-,19-/m0/s1.